The van der Waals surface area contributed by atoms with Gasteiger partial charge in [0.25, 0.3) is 5.91 Å². The lowest BCUT2D eigenvalue weighted by Gasteiger charge is -2.15. The molecule has 1 amide bonds. The fraction of sp³-hybridized carbons (Fsp3) is 0.222. The van der Waals surface area contributed by atoms with Crippen molar-refractivity contribution < 1.29 is 31.9 Å². The Morgan fingerprint density at radius 2 is 1.86 bits per heavy atom. The van der Waals surface area contributed by atoms with E-state index in [0.717, 1.165) is 12.1 Å². The smallest absolute Gasteiger partial charge is 0.338 e. The molecule has 0 aromatic heterocycles. The van der Waals surface area contributed by atoms with E-state index in [-0.39, 0.29) is 21.9 Å². The summed E-state index contributed by atoms with van der Waals surface area (Å²) in [6.45, 7) is 1.33. The summed E-state index contributed by atoms with van der Waals surface area (Å²) >= 11 is 0. The summed E-state index contributed by atoms with van der Waals surface area (Å²) in [6, 6.07) is 8.94. The van der Waals surface area contributed by atoms with Crippen LogP contribution in [0.2, 0.25) is 0 Å². The van der Waals surface area contributed by atoms with E-state index >= 15 is 0 Å². The zero-order valence-corrected chi connectivity index (χ0v) is 16.2. The van der Waals surface area contributed by atoms with Gasteiger partial charge in [0.2, 0.25) is 10.0 Å². The van der Waals surface area contributed by atoms with Crippen molar-refractivity contribution in [3.63, 3.8) is 0 Å². The predicted octanol–water partition coefficient (Wildman–Crippen LogP) is 1.93. The van der Waals surface area contributed by atoms with Gasteiger partial charge >= 0.3 is 5.97 Å². The van der Waals surface area contributed by atoms with E-state index in [1.165, 1.54) is 51.4 Å². The number of methoxy groups -OCH3 is 1. The standard InChI is InChI=1S/C18H19FN2O6S/c1-11(17(22)21-14-6-4-5-13(19)10-14)27-18(23)12-7-8-15(26-3)16(9-12)28(24,25)20-2/h4-11,20H,1-3H3,(H,21,22)/t11-/m1/s1. The molecule has 2 rings (SSSR count). The molecule has 0 spiro atoms. The zero-order valence-electron chi connectivity index (χ0n) is 15.4. The topological polar surface area (TPSA) is 111 Å². The minimum atomic E-state index is -3.88. The molecule has 0 aliphatic heterocycles. The van der Waals surface area contributed by atoms with Crippen LogP contribution in [0.1, 0.15) is 17.3 Å². The monoisotopic (exact) mass is 410 g/mol. The number of carbonyl (C=O) groups is 2. The fourth-order valence-corrected chi connectivity index (χ4v) is 3.13. The molecule has 0 aliphatic rings. The van der Waals surface area contributed by atoms with Crippen molar-refractivity contribution in [3.05, 3.63) is 53.8 Å². The molecule has 0 unspecified atom stereocenters. The van der Waals surface area contributed by atoms with Crippen LogP contribution >= 0.6 is 0 Å². The summed E-state index contributed by atoms with van der Waals surface area (Å²) in [5.41, 5.74) is 0.125. The van der Waals surface area contributed by atoms with Gasteiger partial charge < -0.3 is 14.8 Å². The van der Waals surface area contributed by atoms with Crippen LogP contribution in [-0.4, -0.2) is 40.6 Å². The van der Waals surface area contributed by atoms with E-state index in [9.17, 15) is 22.4 Å². The average molecular weight is 410 g/mol. The third kappa shape index (κ3) is 5.05. The lowest BCUT2D eigenvalue weighted by atomic mass is 10.2. The first-order chi connectivity index (χ1) is 13.2. The molecule has 0 saturated heterocycles. The molecule has 1 atom stereocenters. The number of hydrogen-bond acceptors (Lipinski definition) is 6. The molecule has 0 heterocycles. The van der Waals surface area contributed by atoms with Crippen molar-refractivity contribution in [1.29, 1.82) is 0 Å². The predicted molar refractivity (Wildman–Crippen MR) is 99.1 cm³/mol. The van der Waals surface area contributed by atoms with E-state index in [1.807, 2.05) is 0 Å². The molecular weight excluding hydrogens is 391 g/mol. The molecule has 8 nitrogen and oxygen atoms in total. The quantitative estimate of drug-likeness (QED) is 0.675. The number of carbonyl (C=O) groups excluding carboxylic acids is 2. The zero-order chi connectivity index (χ0) is 20.9. The summed E-state index contributed by atoms with van der Waals surface area (Å²) in [4.78, 5) is 24.2. The maximum atomic E-state index is 13.2. The summed E-state index contributed by atoms with van der Waals surface area (Å²) < 4.78 is 49.5. The number of hydrogen-bond donors (Lipinski definition) is 2. The molecule has 0 radical (unpaired) electrons. The van der Waals surface area contributed by atoms with E-state index < -0.39 is 33.8 Å². The lowest BCUT2D eigenvalue weighted by Crippen LogP contribution is -2.30. The van der Waals surface area contributed by atoms with Gasteiger partial charge in [-0.05, 0) is 50.4 Å². The Hall–Kier alpha value is -2.98. The van der Waals surface area contributed by atoms with Gasteiger partial charge in [-0.25, -0.2) is 22.3 Å². The van der Waals surface area contributed by atoms with Crippen molar-refractivity contribution in [2.75, 3.05) is 19.5 Å². The number of halogens is 1. The molecule has 0 saturated carbocycles. The highest BCUT2D eigenvalue weighted by Crippen LogP contribution is 2.25. The van der Waals surface area contributed by atoms with Crippen LogP contribution in [0.3, 0.4) is 0 Å². The fourth-order valence-electron chi connectivity index (χ4n) is 2.22. The third-order valence-electron chi connectivity index (χ3n) is 3.70. The summed E-state index contributed by atoms with van der Waals surface area (Å²) in [5.74, 6) is -2.06. The Kier molecular flexibility index (Phi) is 6.71. The Bertz CT molecular complexity index is 993. The first-order valence-corrected chi connectivity index (χ1v) is 9.55. The molecule has 10 heteroatoms. The second kappa shape index (κ2) is 8.81. The van der Waals surface area contributed by atoms with E-state index in [4.69, 9.17) is 9.47 Å². The van der Waals surface area contributed by atoms with Crippen molar-refractivity contribution in [2.45, 2.75) is 17.9 Å². The first kappa shape index (κ1) is 21.3. The molecular formula is C18H19FN2O6S. The molecule has 150 valence electrons. The maximum absolute atomic E-state index is 13.2. The first-order valence-electron chi connectivity index (χ1n) is 8.07. The van der Waals surface area contributed by atoms with Crippen LogP contribution in [0.25, 0.3) is 0 Å². The molecule has 0 bridgehead atoms. The van der Waals surface area contributed by atoms with Gasteiger partial charge in [-0.2, -0.15) is 0 Å². The van der Waals surface area contributed by atoms with Crippen molar-refractivity contribution in [2.24, 2.45) is 0 Å². The highest BCUT2D eigenvalue weighted by atomic mass is 32.2. The molecule has 2 aromatic carbocycles. The number of benzene rings is 2. The molecule has 2 N–H and O–H groups in total. The number of anilines is 1. The molecule has 0 fully saturated rings. The van der Waals surface area contributed by atoms with Gasteiger partial charge in [-0.1, -0.05) is 6.07 Å². The van der Waals surface area contributed by atoms with Gasteiger partial charge in [0.1, 0.15) is 16.5 Å². The summed E-state index contributed by atoms with van der Waals surface area (Å²) in [6.07, 6.45) is -1.21. The normalized spacial score (nSPS) is 12.1. The number of nitrogens with one attached hydrogen (secondary N) is 2. The Morgan fingerprint density at radius 1 is 1.14 bits per heavy atom. The number of amides is 1. The molecule has 0 aliphatic carbocycles. The number of esters is 1. The van der Waals surface area contributed by atoms with Gasteiger partial charge in [0, 0.05) is 5.69 Å². The van der Waals surface area contributed by atoms with Crippen LogP contribution in [0.5, 0.6) is 5.75 Å². The van der Waals surface area contributed by atoms with Gasteiger partial charge in [-0.15, -0.1) is 0 Å². The summed E-state index contributed by atoms with van der Waals surface area (Å²) in [5, 5.41) is 2.42. The van der Waals surface area contributed by atoms with Crippen molar-refractivity contribution in [3.8, 4) is 5.75 Å². The van der Waals surface area contributed by atoms with Gasteiger partial charge in [-0.3, -0.25) is 4.79 Å². The average Bonchev–Trinajstić information content (AvgIpc) is 2.67. The van der Waals surface area contributed by atoms with Crippen LogP contribution < -0.4 is 14.8 Å². The largest absolute Gasteiger partial charge is 0.495 e. The van der Waals surface area contributed by atoms with E-state index in [0.29, 0.717) is 0 Å². The van der Waals surface area contributed by atoms with Crippen molar-refractivity contribution >= 4 is 27.6 Å². The lowest BCUT2D eigenvalue weighted by molar-refractivity contribution is -0.123. The Morgan fingerprint density at radius 3 is 2.46 bits per heavy atom. The second-order valence-corrected chi connectivity index (χ2v) is 7.48. The third-order valence-corrected chi connectivity index (χ3v) is 5.14. The van der Waals surface area contributed by atoms with Crippen molar-refractivity contribution in [1.82, 2.24) is 4.72 Å². The minimum absolute atomic E-state index is 0.0443. The van der Waals surface area contributed by atoms with Gasteiger partial charge in [0.05, 0.1) is 12.7 Å². The van der Waals surface area contributed by atoms with E-state index in [1.54, 1.807) is 0 Å². The van der Waals surface area contributed by atoms with Crippen LogP contribution in [0.4, 0.5) is 10.1 Å². The minimum Gasteiger partial charge on any atom is -0.495 e. The van der Waals surface area contributed by atoms with Crippen LogP contribution in [0, 0.1) is 5.82 Å². The number of rotatable bonds is 7. The Balaban J connectivity index is 2.15. The highest BCUT2D eigenvalue weighted by molar-refractivity contribution is 7.89. The molecule has 28 heavy (non-hydrogen) atoms. The van der Waals surface area contributed by atoms with E-state index in [2.05, 4.69) is 10.0 Å². The summed E-state index contributed by atoms with van der Waals surface area (Å²) in [7, 11) is -1.37. The number of sulfonamides is 1. The van der Waals surface area contributed by atoms with Crippen LogP contribution in [-0.2, 0) is 19.6 Å². The second-order valence-electron chi connectivity index (χ2n) is 5.62. The SMILES string of the molecule is CNS(=O)(=O)c1cc(C(=O)O[C@H](C)C(=O)Nc2cccc(F)c2)ccc1OC. The number of ether oxygens (including phenoxy) is 2. The Labute approximate surface area is 161 Å². The van der Waals surface area contributed by atoms with Gasteiger partial charge in [0.15, 0.2) is 6.10 Å². The molecule has 2 aromatic rings. The van der Waals surface area contributed by atoms with Crippen LogP contribution in [0.15, 0.2) is 47.4 Å². The maximum Gasteiger partial charge on any atom is 0.338 e. The highest BCUT2D eigenvalue weighted by Gasteiger charge is 2.23.